The molecule has 268 valence electrons. The lowest BCUT2D eigenvalue weighted by Gasteiger charge is -2.27. The molecule has 1 saturated heterocycles. The SMILES string of the molecule is COc1nc(-c2cccc(-c3cccc(Nc4nc(C(F)F)nc5c4c(=O)n(C)c(=O)n5C)c3C)c2Cl)cc2c1[C@@H](N1C[C@@H]3C(C(=O)O)[C@@H]3C1)CC2. The van der Waals surface area contributed by atoms with E-state index < -0.39 is 29.5 Å². The van der Waals surface area contributed by atoms with Crippen LogP contribution < -0.4 is 21.3 Å². The minimum Gasteiger partial charge on any atom is -0.481 e. The molecule has 4 heterocycles. The fraction of sp³-hybridized carbons (Fsp3) is 0.351. The van der Waals surface area contributed by atoms with Crippen molar-refractivity contribution in [1.29, 1.82) is 0 Å². The number of benzene rings is 2. The van der Waals surface area contributed by atoms with Gasteiger partial charge < -0.3 is 15.2 Å². The summed E-state index contributed by atoms with van der Waals surface area (Å²) in [7, 11) is 4.26. The number of piperidine rings is 1. The largest absolute Gasteiger partial charge is 0.481 e. The molecule has 1 unspecified atom stereocenters. The summed E-state index contributed by atoms with van der Waals surface area (Å²) in [5.74, 6) is -0.977. The molecule has 0 spiro atoms. The van der Waals surface area contributed by atoms with Gasteiger partial charge in [0, 0.05) is 55.6 Å². The number of rotatable bonds is 8. The van der Waals surface area contributed by atoms with E-state index in [2.05, 4.69) is 26.3 Å². The van der Waals surface area contributed by atoms with Crippen LogP contribution >= 0.6 is 11.6 Å². The highest BCUT2D eigenvalue weighted by atomic mass is 35.5. The molecule has 2 aliphatic carbocycles. The van der Waals surface area contributed by atoms with Crippen molar-refractivity contribution in [3.05, 3.63) is 90.8 Å². The van der Waals surface area contributed by atoms with Gasteiger partial charge in [-0.2, -0.15) is 0 Å². The zero-order valence-electron chi connectivity index (χ0n) is 28.7. The third-order valence-corrected chi connectivity index (χ3v) is 11.3. The Balaban J connectivity index is 1.15. The first-order valence-electron chi connectivity index (χ1n) is 16.9. The van der Waals surface area contributed by atoms with Crippen LogP contribution in [0.15, 0.2) is 52.1 Å². The van der Waals surface area contributed by atoms with Gasteiger partial charge in [0.2, 0.25) is 5.88 Å². The van der Waals surface area contributed by atoms with E-state index in [1.54, 1.807) is 19.2 Å². The molecule has 8 rings (SSSR count). The number of methoxy groups -OCH3 is 1. The van der Waals surface area contributed by atoms with Crippen molar-refractivity contribution >= 4 is 40.1 Å². The summed E-state index contributed by atoms with van der Waals surface area (Å²) in [6.45, 7) is 3.35. The van der Waals surface area contributed by atoms with Crippen molar-refractivity contribution < 1.29 is 23.4 Å². The normalized spacial score (nSPS) is 20.7. The second kappa shape index (κ2) is 12.5. The first-order valence-corrected chi connectivity index (χ1v) is 17.2. The van der Waals surface area contributed by atoms with Crippen molar-refractivity contribution in [2.75, 3.05) is 25.5 Å². The lowest BCUT2D eigenvalue weighted by molar-refractivity contribution is -0.139. The van der Waals surface area contributed by atoms with E-state index in [1.807, 2.05) is 31.2 Å². The second-order valence-corrected chi connectivity index (χ2v) is 14.1. The van der Waals surface area contributed by atoms with Gasteiger partial charge in [0.05, 0.1) is 23.7 Å². The fourth-order valence-electron chi connectivity index (χ4n) is 8.21. The number of carboxylic acid groups (broad SMARTS) is 1. The topological polar surface area (TPSA) is 144 Å². The number of ether oxygens (including phenoxy) is 1. The number of aryl methyl sites for hydroxylation is 2. The number of pyridine rings is 1. The van der Waals surface area contributed by atoms with Gasteiger partial charge in [-0.25, -0.2) is 28.5 Å². The van der Waals surface area contributed by atoms with Crippen LogP contribution in [0.1, 0.15) is 41.4 Å². The molecule has 0 amide bonds. The monoisotopic (exact) mass is 729 g/mol. The van der Waals surface area contributed by atoms with E-state index in [1.165, 1.54) is 14.1 Å². The summed E-state index contributed by atoms with van der Waals surface area (Å²) in [5.41, 5.74) is 4.49. The smallest absolute Gasteiger partial charge is 0.332 e. The Hall–Kier alpha value is -5.21. The van der Waals surface area contributed by atoms with E-state index in [-0.39, 0.29) is 40.6 Å². The van der Waals surface area contributed by atoms with Crippen LogP contribution in [-0.2, 0) is 25.3 Å². The number of hydrogen-bond acceptors (Lipinski definition) is 9. The van der Waals surface area contributed by atoms with Crippen LogP contribution in [0.5, 0.6) is 5.88 Å². The fourth-order valence-corrected chi connectivity index (χ4v) is 8.54. The standard InChI is InChI=1S/C37H34ClF2N7O5/c1-16-18(7-6-10-23(16)41-31-28-33(44-32(43-31)30(39)40)45(2)37(51)46(3)35(28)48)19-8-5-9-20(29(19)38)24-13-17-11-12-25(26(17)34(42-24)52-4)47-14-21-22(15-47)27(21)36(49)50/h5-10,13,21-22,25,27,30H,11-12,14-15H2,1-4H3,(H,49,50)(H,41,43,44)/t21-,22+,25-,27?/m0/s1. The number of carbonyl (C=O) groups is 1. The second-order valence-electron chi connectivity index (χ2n) is 13.7. The molecule has 5 aromatic rings. The third kappa shape index (κ3) is 5.26. The Bertz CT molecular complexity index is 2440. The summed E-state index contributed by atoms with van der Waals surface area (Å²) in [6, 6.07) is 13.2. The van der Waals surface area contributed by atoms with Gasteiger partial charge in [0.25, 0.3) is 12.0 Å². The van der Waals surface area contributed by atoms with Crippen LogP contribution in [0.3, 0.4) is 0 Å². The molecule has 1 saturated carbocycles. The van der Waals surface area contributed by atoms with E-state index in [0.717, 1.165) is 51.8 Å². The molecule has 1 aliphatic heterocycles. The number of carboxylic acids is 1. The predicted molar refractivity (Wildman–Crippen MR) is 190 cm³/mol. The van der Waals surface area contributed by atoms with Gasteiger partial charge >= 0.3 is 11.7 Å². The minimum atomic E-state index is -3.05. The summed E-state index contributed by atoms with van der Waals surface area (Å²) in [4.78, 5) is 52.5. The Kier molecular flexibility index (Phi) is 8.14. The van der Waals surface area contributed by atoms with E-state index >= 15 is 0 Å². The molecule has 3 aromatic heterocycles. The number of nitrogens with zero attached hydrogens (tertiary/aromatic N) is 6. The van der Waals surface area contributed by atoms with E-state index in [9.17, 15) is 28.3 Å². The molecule has 52 heavy (non-hydrogen) atoms. The van der Waals surface area contributed by atoms with Gasteiger partial charge in [-0.3, -0.25) is 23.6 Å². The molecular weight excluding hydrogens is 696 g/mol. The van der Waals surface area contributed by atoms with Crippen molar-refractivity contribution in [3.63, 3.8) is 0 Å². The molecule has 2 fully saturated rings. The molecule has 2 N–H and O–H groups in total. The molecule has 0 bridgehead atoms. The highest BCUT2D eigenvalue weighted by Crippen LogP contribution is 2.55. The molecule has 12 nitrogen and oxygen atoms in total. The average molecular weight is 730 g/mol. The predicted octanol–water partition coefficient (Wildman–Crippen LogP) is 5.66. The maximum atomic E-state index is 13.9. The summed E-state index contributed by atoms with van der Waals surface area (Å²) in [6.07, 6.45) is -1.33. The zero-order valence-corrected chi connectivity index (χ0v) is 29.4. The lowest BCUT2D eigenvalue weighted by Crippen LogP contribution is -2.38. The Labute approximate surface area is 300 Å². The maximum absolute atomic E-state index is 13.9. The van der Waals surface area contributed by atoms with Gasteiger partial charge in [-0.15, -0.1) is 0 Å². The summed E-state index contributed by atoms with van der Waals surface area (Å²) in [5, 5.41) is 12.9. The number of fused-ring (bicyclic) bond motifs is 3. The summed E-state index contributed by atoms with van der Waals surface area (Å²) >= 11 is 7.17. The van der Waals surface area contributed by atoms with Crippen molar-refractivity contribution in [1.82, 2.24) is 29.0 Å². The van der Waals surface area contributed by atoms with E-state index in [0.29, 0.717) is 39.0 Å². The molecule has 0 radical (unpaired) electrons. The van der Waals surface area contributed by atoms with Gasteiger partial charge in [0.15, 0.2) is 11.5 Å². The summed E-state index contributed by atoms with van der Waals surface area (Å²) < 4.78 is 35.6. The molecule has 4 atom stereocenters. The number of likely N-dealkylation sites (tertiary alicyclic amines) is 1. The first kappa shape index (κ1) is 33.9. The zero-order chi connectivity index (χ0) is 36.7. The highest BCUT2D eigenvalue weighted by Gasteiger charge is 2.60. The van der Waals surface area contributed by atoms with Crippen LogP contribution in [0.4, 0.5) is 20.3 Å². The lowest BCUT2D eigenvalue weighted by atomic mass is 9.96. The number of halogens is 3. The van der Waals surface area contributed by atoms with Gasteiger partial charge in [-0.1, -0.05) is 41.9 Å². The van der Waals surface area contributed by atoms with Crippen LogP contribution in [0.2, 0.25) is 5.02 Å². The molecule has 15 heteroatoms. The first-order chi connectivity index (χ1) is 24.9. The van der Waals surface area contributed by atoms with Crippen molar-refractivity contribution in [2.45, 2.75) is 32.2 Å². The Morgan fingerprint density at radius 2 is 1.71 bits per heavy atom. The van der Waals surface area contributed by atoms with Gasteiger partial charge in [0.1, 0.15) is 11.2 Å². The van der Waals surface area contributed by atoms with Crippen molar-refractivity contribution in [2.24, 2.45) is 31.8 Å². The van der Waals surface area contributed by atoms with E-state index in [4.69, 9.17) is 21.3 Å². The number of nitrogens with one attached hydrogen (secondary N) is 1. The molecule has 3 aliphatic rings. The van der Waals surface area contributed by atoms with Crippen LogP contribution in [-0.4, -0.2) is 60.3 Å². The number of aliphatic carboxylic acids is 1. The number of aromatic nitrogens is 5. The minimum absolute atomic E-state index is 0.108. The van der Waals surface area contributed by atoms with Crippen LogP contribution in [0.25, 0.3) is 33.4 Å². The molecule has 2 aromatic carbocycles. The Morgan fingerprint density at radius 3 is 2.40 bits per heavy atom. The third-order valence-electron chi connectivity index (χ3n) is 10.9. The van der Waals surface area contributed by atoms with Crippen molar-refractivity contribution in [3.8, 4) is 28.3 Å². The number of hydrogen-bond donors (Lipinski definition) is 2. The number of alkyl halides is 2. The maximum Gasteiger partial charge on any atom is 0.332 e. The van der Waals surface area contributed by atoms with Crippen LogP contribution in [0, 0.1) is 24.7 Å². The van der Waals surface area contributed by atoms with Gasteiger partial charge in [-0.05, 0) is 60.4 Å². The quantitative estimate of drug-likeness (QED) is 0.205. The number of anilines is 2. The molecular formula is C37H34ClF2N7O5. The highest BCUT2D eigenvalue weighted by molar-refractivity contribution is 6.36. The average Bonchev–Trinajstić information content (AvgIpc) is 3.40. The Morgan fingerprint density at radius 1 is 1.02 bits per heavy atom.